The fourth-order valence-electron chi connectivity index (χ4n) is 2.35. The Hall–Kier alpha value is -2.06. The average Bonchev–Trinajstić information content (AvgIpc) is 3.03. The van der Waals surface area contributed by atoms with Crippen molar-refractivity contribution in [2.24, 2.45) is 0 Å². The van der Waals surface area contributed by atoms with E-state index in [0.29, 0.717) is 16.9 Å². The molecule has 0 aliphatic rings. The van der Waals surface area contributed by atoms with Gasteiger partial charge in [0.1, 0.15) is 0 Å². The molecule has 6 nitrogen and oxygen atoms in total. The molecule has 1 aromatic heterocycles. The van der Waals surface area contributed by atoms with E-state index in [1.54, 1.807) is 0 Å². The Balaban J connectivity index is 1.67. The van der Waals surface area contributed by atoms with Crippen molar-refractivity contribution in [2.45, 2.75) is 58.2 Å². The van der Waals surface area contributed by atoms with Crippen LogP contribution >= 0.6 is 0 Å². The fourth-order valence-corrected chi connectivity index (χ4v) is 4.04. The molecular weight excluding hydrogens is 452 g/mol. The molecule has 0 bridgehead atoms. The van der Waals surface area contributed by atoms with Crippen LogP contribution < -0.4 is 10.6 Å². The van der Waals surface area contributed by atoms with Crippen molar-refractivity contribution >= 4 is 31.0 Å². The standard InChI is InChI=1S/C19H25F3N4O2Se/c1-18(2,3)28-17(27)23-12-6-4-5-7-15-25-26-16(29-15)24-14-10-8-13(9-11-14)19(20,21)22/h8-11H,4-7,12H2,1-3H3,(H,23,27)(H,24,26). The van der Waals surface area contributed by atoms with Crippen molar-refractivity contribution in [1.82, 2.24) is 15.5 Å². The van der Waals surface area contributed by atoms with Gasteiger partial charge in [-0.2, -0.15) is 0 Å². The number of aryl methyl sites for hydroxylation is 1. The second-order valence-electron chi connectivity index (χ2n) is 7.44. The number of carbonyl (C=O) groups is 1. The maximum atomic E-state index is 12.6. The van der Waals surface area contributed by atoms with E-state index in [1.165, 1.54) is 12.1 Å². The Labute approximate surface area is 174 Å². The number of amides is 1. The number of alkyl halides is 3. The fraction of sp³-hybridized carbons (Fsp3) is 0.526. The molecule has 1 aromatic carbocycles. The van der Waals surface area contributed by atoms with Gasteiger partial charge in [-0.15, -0.1) is 0 Å². The summed E-state index contributed by atoms with van der Waals surface area (Å²) in [4.78, 5) is 11.5. The van der Waals surface area contributed by atoms with Crippen LogP contribution in [0, 0.1) is 0 Å². The Bertz CT molecular complexity index is 786. The Kier molecular flexibility index (Phi) is 8.10. The van der Waals surface area contributed by atoms with Crippen molar-refractivity contribution < 1.29 is 22.7 Å². The third-order valence-electron chi connectivity index (χ3n) is 3.67. The van der Waals surface area contributed by atoms with Crippen LogP contribution in [-0.2, 0) is 17.3 Å². The number of nitrogens with one attached hydrogen (secondary N) is 2. The van der Waals surface area contributed by atoms with E-state index >= 15 is 0 Å². The summed E-state index contributed by atoms with van der Waals surface area (Å²) in [5.41, 5.74) is -0.623. The number of carbonyl (C=O) groups excluding carboxylic acids is 1. The molecule has 1 heterocycles. The molecule has 160 valence electrons. The van der Waals surface area contributed by atoms with Crippen molar-refractivity contribution in [3.05, 3.63) is 34.4 Å². The number of anilines is 2. The molecule has 0 spiro atoms. The Morgan fingerprint density at radius 3 is 2.38 bits per heavy atom. The van der Waals surface area contributed by atoms with E-state index in [-0.39, 0.29) is 14.5 Å². The van der Waals surface area contributed by atoms with Gasteiger partial charge in [0.15, 0.2) is 0 Å². The zero-order valence-corrected chi connectivity index (χ0v) is 18.3. The van der Waals surface area contributed by atoms with Crippen LogP contribution in [0.2, 0.25) is 0 Å². The minimum absolute atomic E-state index is 0.0581. The number of unbranched alkanes of at least 4 members (excludes halogenated alkanes) is 2. The van der Waals surface area contributed by atoms with Crippen molar-refractivity contribution in [3.8, 4) is 0 Å². The van der Waals surface area contributed by atoms with Crippen LogP contribution in [0.3, 0.4) is 0 Å². The number of alkyl carbamates (subject to hydrolysis) is 1. The zero-order valence-electron chi connectivity index (χ0n) is 16.6. The van der Waals surface area contributed by atoms with Gasteiger partial charge < -0.3 is 0 Å². The zero-order chi connectivity index (χ0) is 21.5. The molecule has 0 unspecified atom stereocenters. The van der Waals surface area contributed by atoms with Crippen molar-refractivity contribution in [3.63, 3.8) is 0 Å². The van der Waals surface area contributed by atoms with Gasteiger partial charge in [-0.3, -0.25) is 0 Å². The van der Waals surface area contributed by atoms with Crippen LogP contribution in [0.4, 0.5) is 28.3 Å². The Morgan fingerprint density at radius 1 is 1.07 bits per heavy atom. The first-order chi connectivity index (χ1) is 13.5. The van der Waals surface area contributed by atoms with Gasteiger partial charge in [0, 0.05) is 0 Å². The summed E-state index contributed by atoms with van der Waals surface area (Å²) < 4.78 is 44.6. The molecule has 0 radical (unpaired) electrons. The van der Waals surface area contributed by atoms with Crippen LogP contribution in [0.5, 0.6) is 0 Å². The van der Waals surface area contributed by atoms with E-state index in [9.17, 15) is 18.0 Å². The molecular formula is C19H25F3N4O2Se. The maximum absolute atomic E-state index is 12.6. The summed E-state index contributed by atoms with van der Waals surface area (Å²) in [6.07, 6.45) is -1.22. The van der Waals surface area contributed by atoms with Gasteiger partial charge in [-0.1, -0.05) is 0 Å². The van der Waals surface area contributed by atoms with Crippen molar-refractivity contribution in [2.75, 3.05) is 11.9 Å². The van der Waals surface area contributed by atoms with E-state index in [0.717, 1.165) is 42.4 Å². The first-order valence-electron chi connectivity index (χ1n) is 9.26. The molecule has 0 saturated carbocycles. The molecule has 0 aliphatic heterocycles. The number of rotatable bonds is 8. The van der Waals surface area contributed by atoms with Crippen LogP contribution in [-0.4, -0.2) is 42.9 Å². The number of benzene rings is 1. The van der Waals surface area contributed by atoms with E-state index in [1.807, 2.05) is 20.8 Å². The Morgan fingerprint density at radius 2 is 1.76 bits per heavy atom. The molecule has 0 aliphatic carbocycles. The topological polar surface area (TPSA) is 76.1 Å². The number of aromatic nitrogens is 2. The summed E-state index contributed by atoms with van der Waals surface area (Å²) in [5.74, 6) is 0. The second-order valence-corrected chi connectivity index (χ2v) is 9.67. The summed E-state index contributed by atoms with van der Waals surface area (Å²) in [7, 11) is 0. The number of halogens is 3. The number of nitrogens with zero attached hydrogens (tertiary/aromatic N) is 2. The molecule has 0 atom stereocenters. The molecule has 0 saturated heterocycles. The van der Waals surface area contributed by atoms with Crippen LogP contribution in [0.1, 0.15) is 50.2 Å². The van der Waals surface area contributed by atoms with Crippen molar-refractivity contribution in [1.29, 1.82) is 0 Å². The van der Waals surface area contributed by atoms with Gasteiger partial charge in [0.2, 0.25) is 0 Å². The summed E-state index contributed by atoms with van der Waals surface area (Å²) in [6.45, 7) is 6.02. The van der Waals surface area contributed by atoms with E-state index in [4.69, 9.17) is 4.74 Å². The predicted octanol–water partition coefficient (Wildman–Crippen LogP) is 4.53. The number of ether oxygens (including phenoxy) is 1. The molecule has 10 heteroatoms. The van der Waals surface area contributed by atoms with Gasteiger partial charge in [-0.25, -0.2) is 0 Å². The van der Waals surface area contributed by atoms with Gasteiger partial charge in [0.25, 0.3) is 0 Å². The first-order valence-corrected chi connectivity index (χ1v) is 11.0. The third kappa shape index (κ3) is 8.87. The summed E-state index contributed by atoms with van der Waals surface area (Å²) in [5, 5.41) is 14.0. The third-order valence-corrected chi connectivity index (χ3v) is 5.55. The monoisotopic (exact) mass is 478 g/mol. The predicted molar refractivity (Wildman–Crippen MR) is 105 cm³/mol. The number of hydrogen-bond acceptors (Lipinski definition) is 5. The summed E-state index contributed by atoms with van der Waals surface area (Å²) in [6, 6.07) is 4.85. The van der Waals surface area contributed by atoms with Crippen LogP contribution in [0.25, 0.3) is 0 Å². The molecule has 2 N–H and O–H groups in total. The molecule has 2 aromatic rings. The number of hydrogen-bond donors (Lipinski definition) is 2. The summed E-state index contributed by atoms with van der Waals surface area (Å²) >= 11 is -0.0581. The van der Waals surface area contributed by atoms with Gasteiger partial charge >= 0.3 is 174 Å². The average molecular weight is 477 g/mol. The van der Waals surface area contributed by atoms with Gasteiger partial charge in [-0.05, 0) is 0 Å². The quantitative estimate of drug-likeness (QED) is 0.432. The molecule has 2 rings (SSSR count). The molecule has 29 heavy (non-hydrogen) atoms. The second kappa shape index (κ2) is 10.1. The van der Waals surface area contributed by atoms with E-state index in [2.05, 4.69) is 20.8 Å². The molecule has 0 fully saturated rings. The van der Waals surface area contributed by atoms with E-state index < -0.39 is 23.4 Å². The minimum atomic E-state index is -4.34. The molecule has 1 amide bonds. The van der Waals surface area contributed by atoms with Crippen LogP contribution in [0.15, 0.2) is 24.3 Å². The normalized spacial score (nSPS) is 11.9. The first kappa shape index (κ1) is 23.2. The SMILES string of the molecule is CC(C)(C)OC(=O)NCCCCCc1nnc(Nc2ccc(C(F)(F)F)cc2)[se]1. The van der Waals surface area contributed by atoms with Gasteiger partial charge in [0.05, 0.1) is 0 Å².